The third-order valence-electron chi connectivity index (χ3n) is 10.8. The van der Waals surface area contributed by atoms with Gasteiger partial charge >= 0.3 is 0 Å². The molecule has 4 amide bonds. The van der Waals surface area contributed by atoms with Crippen LogP contribution in [-0.4, -0.2) is 88.1 Å². The van der Waals surface area contributed by atoms with Crippen molar-refractivity contribution in [2.45, 2.75) is 108 Å². The lowest BCUT2D eigenvalue weighted by Crippen LogP contribution is -2.56. The predicted molar refractivity (Wildman–Crippen MR) is 202 cm³/mol. The highest BCUT2D eigenvalue weighted by atomic mass is 79.9. The lowest BCUT2D eigenvalue weighted by atomic mass is 10.1. The maximum absolute atomic E-state index is 14.1. The second-order valence-electron chi connectivity index (χ2n) is 14.9. The van der Waals surface area contributed by atoms with E-state index in [4.69, 9.17) is 9.26 Å². The number of benzene rings is 1. The van der Waals surface area contributed by atoms with Gasteiger partial charge in [0.15, 0.2) is 5.69 Å². The van der Waals surface area contributed by atoms with Crippen LogP contribution in [-0.2, 0) is 24.4 Å². The van der Waals surface area contributed by atoms with E-state index in [9.17, 15) is 32.0 Å². The van der Waals surface area contributed by atoms with Crippen molar-refractivity contribution in [2.24, 2.45) is 5.92 Å². The zero-order valence-corrected chi connectivity index (χ0v) is 33.5. The minimum Gasteiger partial charge on any atom is -0.471 e. The third kappa shape index (κ3) is 8.69. The molecule has 3 aliphatic rings. The van der Waals surface area contributed by atoms with Gasteiger partial charge in [-0.05, 0) is 88.2 Å². The van der Waals surface area contributed by atoms with Gasteiger partial charge in [0.2, 0.25) is 28.2 Å². The Morgan fingerprint density at radius 1 is 1.13 bits per heavy atom. The fourth-order valence-corrected chi connectivity index (χ4v) is 8.51. The van der Waals surface area contributed by atoms with Crippen molar-refractivity contribution in [2.75, 3.05) is 13.1 Å². The number of amides is 4. The number of likely N-dealkylation sites (tertiary alicyclic amines) is 1. The largest absolute Gasteiger partial charge is 0.471 e. The second kappa shape index (κ2) is 16.0. The van der Waals surface area contributed by atoms with E-state index in [1.54, 1.807) is 27.7 Å². The van der Waals surface area contributed by atoms with Gasteiger partial charge in [-0.15, -0.1) is 0 Å². The number of rotatable bonds is 17. The van der Waals surface area contributed by atoms with Crippen LogP contribution in [0.25, 0.3) is 11.0 Å². The molecule has 1 aliphatic heterocycles. The third-order valence-corrected chi connectivity index (χ3v) is 13.5. The molecule has 4 unspecified atom stereocenters. The summed E-state index contributed by atoms with van der Waals surface area (Å²) in [4.78, 5) is 62.1. The van der Waals surface area contributed by atoms with E-state index in [-0.39, 0.29) is 36.7 Å². The van der Waals surface area contributed by atoms with E-state index in [2.05, 4.69) is 46.4 Å². The summed E-state index contributed by atoms with van der Waals surface area (Å²) in [5.74, 6) is -1.94. The van der Waals surface area contributed by atoms with Gasteiger partial charge in [-0.25, -0.2) is 22.8 Å². The first-order chi connectivity index (χ1) is 26.1. The Morgan fingerprint density at radius 2 is 1.87 bits per heavy atom. The normalized spacial score (nSPS) is 22.8. The van der Waals surface area contributed by atoms with E-state index in [1.807, 2.05) is 12.2 Å². The molecule has 3 aromatic rings. The van der Waals surface area contributed by atoms with Crippen LogP contribution in [0, 0.1) is 32.5 Å². The van der Waals surface area contributed by atoms with Gasteiger partial charge < -0.3 is 24.8 Å². The molecule has 15 nitrogen and oxygen atoms in total. The quantitative estimate of drug-likeness (QED) is 0.0997. The number of unbranched alkanes of at least 4 members (excludes halogenated alkanes) is 4. The molecule has 18 heteroatoms. The Bertz CT molecular complexity index is 2140. The first-order valence-electron chi connectivity index (χ1n) is 18.3. The standard InChI is InChI=1S/C37H45BrFN7O8S/c1-21-23(3)54-44-30(21)33(49)40-14-10-8-6-5-7-9-11-24-18-37(24,35(50)45-55(51,52)36(4)12-13-36)43-32(48)29-17-26(19-46(29)20-47)53-34-22(2)41-31-27(38)15-25(39)16-28(31)42-34/h9,11,15-16,20,24,26,29H,5-8,10,12-14,17-19H2,1-4H3,(H,40,49)(H,43,48)(H,45,50). The zero-order valence-electron chi connectivity index (χ0n) is 31.1. The number of hydrogen-bond acceptors (Lipinski definition) is 11. The molecule has 1 aromatic carbocycles. The number of fused-ring (bicyclic) bond motifs is 1. The van der Waals surface area contributed by atoms with Crippen LogP contribution in [0.3, 0.4) is 0 Å². The van der Waals surface area contributed by atoms with Gasteiger partial charge in [0, 0.05) is 35.0 Å². The van der Waals surface area contributed by atoms with Crippen molar-refractivity contribution in [3.8, 4) is 5.88 Å². The number of aromatic nitrogens is 3. The Labute approximate surface area is 326 Å². The molecule has 55 heavy (non-hydrogen) atoms. The van der Waals surface area contributed by atoms with Gasteiger partial charge in [-0.1, -0.05) is 30.2 Å². The molecule has 0 radical (unpaired) electrons. The lowest BCUT2D eigenvalue weighted by molar-refractivity contribution is -0.134. The van der Waals surface area contributed by atoms with Crippen molar-refractivity contribution in [1.82, 2.24) is 35.4 Å². The van der Waals surface area contributed by atoms with Crippen LogP contribution in [0.2, 0.25) is 0 Å². The van der Waals surface area contributed by atoms with Crippen LogP contribution < -0.4 is 20.1 Å². The monoisotopic (exact) mass is 845 g/mol. The first kappa shape index (κ1) is 40.2. The summed E-state index contributed by atoms with van der Waals surface area (Å²) in [6, 6.07) is 1.50. The Hall–Kier alpha value is -4.45. The molecular weight excluding hydrogens is 801 g/mol. The van der Waals surface area contributed by atoms with Gasteiger partial charge in [-0.2, -0.15) is 0 Å². The molecule has 3 fully saturated rings. The van der Waals surface area contributed by atoms with Crippen molar-refractivity contribution in [3.05, 3.63) is 57.3 Å². The number of hydrogen-bond donors (Lipinski definition) is 3. The van der Waals surface area contributed by atoms with Gasteiger partial charge in [-0.3, -0.25) is 23.9 Å². The average molecular weight is 847 g/mol. The summed E-state index contributed by atoms with van der Waals surface area (Å²) < 4.78 is 52.9. The molecule has 3 heterocycles. The molecule has 3 N–H and O–H groups in total. The fourth-order valence-electron chi connectivity index (χ4n) is 6.69. The smallest absolute Gasteiger partial charge is 0.273 e. The number of carbonyl (C=O) groups excluding carboxylic acids is 4. The van der Waals surface area contributed by atoms with Crippen LogP contribution in [0.4, 0.5) is 4.39 Å². The zero-order chi connectivity index (χ0) is 39.7. The molecule has 2 saturated carbocycles. The summed E-state index contributed by atoms with van der Waals surface area (Å²) >= 11 is 3.30. The first-order valence-corrected chi connectivity index (χ1v) is 20.6. The summed E-state index contributed by atoms with van der Waals surface area (Å²) in [5.41, 5.74) is 0.635. The van der Waals surface area contributed by atoms with Crippen LogP contribution in [0.5, 0.6) is 5.88 Å². The average Bonchev–Trinajstić information content (AvgIpc) is 3.97. The molecule has 4 atom stereocenters. The Morgan fingerprint density at radius 3 is 2.56 bits per heavy atom. The van der Waals surface area contributed by atoms with Crippen LogP contribution >= 0.6 is 15.9 Å². The Kier molecular flexibility index (Phi) is 11.7. The highest BCUT2D eigenvalue weighted by Gasteiger charge is 2.63. The van der Waals surface area contributed by atoms with Gasteiger partial charge in [0.05, 0.1) is 16.8 Å². The number of allylic oxidation sites excluding steroid dienone is 1. The fraction of sp³-hybridized carbons (Fsp3) is 0.541. The SMILES string of the molecule is Cc1nc2c(Br)cc(F)cc2nc1OC1CC(C(=O)NC2(C(=O)NS(=O)(=O)C3(C)CC3)CC2C=CCCCCCCNC(=O)c2noc(C)c2C)N(C=O)C1. The summed E-state index contributed by atoms with van der Waals surface area (Å²) in [6.07, 6.45) is 8.83. The van der Waals surface area contributed by atoms with E-state index < -0.39 is 56.0 Å². The highest BCUT2D eigenvalue weighted by molar-refractivity contribution is 9.10. The molecule has 296 valence electrons. The van der Waals surface area contributed by atoms with Crippen molar-refractivity contribution < 1.29 is 41.2 Å². The van der Waals surface area contributed by atoms with Gasteiger partial charge in [0.1, 0.15) is 40.5 Å². The van der Waals surface area contributed by atoms with Crippen molar-refractivity contribution in [1.29, 1.82) is 0 Å². The van der Waals surface area contributed by atoms with E-state index in [0.717, 1.165) is 31.2 Å². The van der Waals surface area contributed by atoms with E-state index >= 15 is 0 Å². The minimum absolute atomic E-state index is 0.0379. The molecule has 0 spiro atoms. The minimum atomic E-state index is -3.99. The lowest BCUT2D eigenvalue weighted by Gasteiger charge is -2.24. The van der Waals surface area contributed by atoms with E-state index in [1.165, 1.54) is 17.0 Å². The molecular formula is C37H45BrFN7O8S. The predicted octanol–water partition coefficient (Wildman–Crippen LogP) is 4.23. The summed E-state index contributed by atoms with van der Waals surface area (Å²) in [6.45, 7) is 7.34. The number of nitrogens with zero attached hydrogens (tertiary/aromatic N) is 4. The number of aryl methyl sites for hydroxylation is 2. The molecule has 6 rings (SSSR count). The summed E-state index contributed by atoms with van der Waals surface area (Å²) in [5, 5.41) is 9.47. The number of halogens is 2. The Balaban J connectivity index is 1.05. The topological polar surface area (TPSA) is 203 Å². The number of nitrogens with one attached hydrogen (secondary N) is 3. The van der Waals surface area contributed by atoms with Crippen molar-refractivity contribution in [3.63, 3.8) is 0 Å². The molecule has 0 bridgehead atoms. The van der Waals surface area contributed by atoms with Gasteiger partial charge in [0.25, 0.3) is 11.8 Å². The maximum Gasteiger partial charge on any atom is 0.273 e. The molecule has 2 aromatic heterocycles. The number of ether oxygens (including phenoxy) is 1. The number of sulfonamides is 1. The van der Waals surface area contributed by atoms with Crippen LogP contribution in [0.1, 0.15) is 92.2 Å². The second-order valence-corrected chi connectivity index (χ2v) is 18.0. The summed E-state index contributed by atoms with van der Waals surface area (Å²) in [7, 11) is -3.99. The van der Waals surface area contributed by atoms with Crippen molar-refractivity contribution >= 4 is 61.1 Å². The van der Waals surface area contributed by atoms with E-state index in [0.29, 0.717) is 59.4 Å². The molecule has 1 saturated heterocycles. The highest BCUT2D eigenvalue weighted by Crippen LogP contribution is 2.47. The maximum atomic E-state index is 14.1. The van der Waals surface area contributed by atoms with Crippen LogP contribution in [0.15, 0.2) is 33.3 Å². The molecule has 2 aliphatic carbocycles. The number of carbonyl (C=O) groups is 4.